The number of hydrogen-bond donors (Lipinski definition) is 2. The van der Waals surface area contributed by atoms with E-state index in [0.29, 0.717) is 19.6 Å². The summed E-state index contributed by atoms with van der Waals surface area (Å²) in [7, 11) is -3.81. The molecule has 1 heterocycles. The van der Waals surface area contributed by atoms with Crippen LogP contribution < -0.4 is 10.6 Å². The van der Waals surface area contributed by atoms with Gasteiger partial charge in [0.2, 0.25) is 15.9 Å². The van der Waals surface area contributed by atoms with Crippen LogP contribution >= 0.6 is 23.2 Å². The van der Waals surface area contributed by atoms with Gasteiger partial charge < -0.3 is 5.32 Å². The van der Waals surface area contributed by atoms with Crippen LogP contribution in [0.3, 0.4) is 0 Å². The molecule has 1 fully saturated rings. The van der Waals surface area contributed by atoms with Gasteiger partial charge in [0.05, 0.1) is 11.1 Å². The Hall–Kier alpha value is -2.17. The summed E-state index contributed by atoms with van der Waals surface area (Å²) in [5.41, 5.74) is 0.917. The van der Waals surface area contributed by atoms with Gasteiger partial charge in [0.25, 0.3) is 0 Å². The lowest BCUT2D eigenvalue weighted by Gasteiger charge is -2.36. The van der Waals surface area contributed by atoms with Gasteiger partial charge in [0.15, 0.2) is 0 Å². The molecule has 1 saturated heterocycles. The fourth-order valence-corrected chi connectivity index (χ4v) is 5.51. The molecular formula is C21H24Cl2N4O4S. The second kappa shape index (κ2) is 10.6. The average Bonchev–Trinajstić information content (AvgIpc) is 2.79. The number of benzene rings is 2. The number of nitrogens with zero attached hydrogens (tertiary/aromatic N) is 2. The van der Waals surface area contributed by atoms with E-state index in [0.717, 1.165) is 5.56 Å². The summed E-state index contributed by atoms with van der Waals surface area (Å²) in [4.78, 5) is 26.3. The molecule has 32 heavy (non-hydrogen) atoms. The Labute approximate surface area is 197 Å². The van der Waals surface area contributed by atoms with Crippen molar-refractivity contribution in [3.63, 3.8) is 0 Å². The Morgan fingerprint density at radius 2 is 1.69 bits per heavy atom. The SMILES string of the molecule is CC(C(=O)NC(=O)NCc1ccccc1)N1CCN(S(=O)(=O)c2cc(Cl)ccc2Cl)CC1. The summed E-state index contributed by atoms with van der Waals surface area (Å²) >= 11 is 12.0. The first kappa shape index (κ1) is 24.5. The molecule has 0 aromatic heterocycles. The standard InChI is InChI=1S/C21H24Cl2N4O4S/c1-15(20(28)25-21(29)24-14-16-5-3-2-4-6-16)26-9-11-27(12-10-26)32(30,31)19-13-17(22)7-8-18(19)23/h2-8,13,15H,9-12,14H2,1H3,(H2,24,25,28,29). The third-order valence-electron chi connectivity index (χ3n) is 5.24. The summed E-state index contributed by atoms with van der Waals surface area (Å²) in [6.07, 6.45) is 0. The molecule has 0 aliphatic carbocycles. The fraction of sp³-hybridized carbons (Fsp3) is 0.333. The third kappa shape index (κ3) is 5.99. The molecule has 1 atom stereocenters. The molecule has 8 nitrogen and oxygen atoms in total. The molecule has 2 aromatic rings. The van der Waals surface area contributed by atoms with E-state index >= 15 is 0 Å². The van der Waals surface area contributed by atoms with E-state index in [-0.39, 0.29) is 28.0 Å². The van der Waals surface area contributed by atoms with Crippen molar-refractivity contribution in [2.45, 2.75) is 24.4 Å². The van der Waals surface area contributed by atoms with Gasteiger partial charge in [-0.25, -0.2) is 13.2 Å². The van der Waals surface area contributed by atoms with Crippen LogP contribution in [0.5, 0.6) is 0 Å². The van der Waals surface area contributed by atoms with Gasteiger partial charge in [-0.15, -0.1) is 0 Å². The topological polar surface area (TPSA) is 98.8 Å². The smallest absolute Gasteiger partial charge is 0.321 e. The molecule has 172 valence electrons. The largest absolute Gasteiger partial charge is 0.334 e. The van der Waals surface area contributed by atoms with Crippen molar-refractivity contribution in [2.75, 3.05) is 26.2 Å². The number of amides is 3. The number of halogens is 2. The molecule has 1 aliphatic heterocycles. The summed E-state index contributed by atoms with van der Waals surface area (Å²) in [5.74, 6) is -0.454. The van der Waals surface area contributed by atoms with Gasteiger partial charge in [-0.05, 0) is 30.7 Å². The van der Waals surface area contributed by atoms with Gasteiger partial charge in [-0.3, -0.25) is 15.0 Å². The summed E-state index contributed by atoms with van der Waals surface area (Å²) < 4.78 is 27.2. The number of nitrogens with one attached hydrogen (secondary N) is 2. The Morgan fingerprint density at radius 3 is 2.34 bits per heavy atom. The molecule has 3 amide bonds. The van der Waals surface area contributed by atoms with Crippen molar-refractivity contribution < 1.29 is 18.0 Å². The van der Waals surface area contributed by atoms with E-state index in [9.17, 15) is 18.0 Å². The molecule has 2 aromatic carbocycles. The summed E-state index contributed by atoms with van der Waals surface area (Å²) in [5, 5.41) is 5.36. The highest BCUT2D eigenvalue weighted by molar-refractivity contribution is 7.89. The summed E-state index contributed by atoms with van der Waals surface area (Å²) in [6.45, 7) is 3.01. The Morgan fingerprint density at radius 1 is 1.03 bits per heavy atom. The molecular weight excluding hydrogens is 475 g/mol. The first-order chi connectivity index (χ1) is 15.2. The number of carbonyl (C=O) groups is 2. The van der Waals surface area contributed by atoms with Crippen LogP contribution in [0.2, 0.25) is 10.0 Å². The zero-order chi connectivity index (χ0) is 23.3. The zero-order valence-electron chi connectivity index (χ0n) is 17.4. The number of carbonyl (C=O) groups excluding carboxylic acids is 2. The molecule has 0 saturated carbocycles. The normalized spacial score (nSPS) is 16.3. The first-order valence-electron chi connectivity index (χ1n) is 10.0. The van der Waals surface area contributed by atoms with Gasteiger partial charge in [-0.2, -0.15) is 4.31 Å². The second-order valence-corrected chi connectivity index (χ2v) is 10.1. The fourth-order valence-electron chi connectivity index (χ4n) is 3.35. The van der Waals surface area contributed by atoms with Gasteiger partial charge in [-0.1, -0.05) is 53.5 Å². The number of piperazine rings is 1. The van der Waals surface area contributed by atoms with Crippen LogP contribution in [0.4, 0.5) is 4.79 Å². The monoisotopic (exact) mass is 498 g/mol. The molecule has 0 spiro atoms. The highest BCUT2D eigenvalue weighted by atomic mass is 35.5. The van der Waals surface area contributed by atoms with Crippen molar-refractivity contribution in [2.24, 2.45) is 0 Å². The number of hydrogen-bond acceptors (Lipinski definition) is 5. The Bertz CT molecular complexity index is 1070. The van der Waals surface area contributed by atoms with E-state index in [1.54, 1.807) is 6.92 Å². The van der Waals surface area contributed by atoms with Crippen molar-refractivity contribution in [3.05, 3.63) is 64.1 Å². The molecule has 11 heteroatoms. The number of urea groups is 1. The summed E-state index contributed by atoms with van der Waals surface area (Å²) in [6, 6.07) is 12.5. The van der Waals surface area contributed by atoms with Crippen molar-refractivity contribution >= 4 is 45.2 Å². The maximum atomic E-state index is 12.9. The lowest BCUT2D eigenvalue weighted by molar-refractivity contribution is -0.125. The highest BCUT2D eigenvalue weighted by Crippen LogP contribution is 2.28. The molecule has 1 aliphatic rings. The van der Waals surface area contributed by atoms with Gasteiger partial charge in [0, 0.05) is 37.7 Å². The Balaban J connectivity index is 1.52. The Kier molecular flexibility index (Phi) is 8.13. The van der Waals surface area contributed by atoms with Crippen LogP contribution in [0.1, 0.15) is 12.5 Å². The predicted molar refractivity (Wildman–Crippen MR) is 123 cm³/mol. The molecule has 0 bridgehead atoms. The average molecular weight is 499 g/mol. The van der Waals surface area contributed by atoms with Crippen molar-refractivity contribution in [3.8, 4) is 0 Å². The van der Waals surface area contributed by atoms with Crippen LogP contribution in [-0.4, -0.2) is 61.8 Å². The van der Waals surface area contributed by atoms with Crippen molar-refractivity contribution in [1.29, 1.82) is 0 Å². The van der Waals surface area contributed by atoms with E-state index < -0.39 is 28.0 Å². The molecule has 2 N–H and O–H groups in total. The van der Waals surface area contributed by atoms with Crippen molar-refractivity contribution in [1.82, 2.24) is 19.8 Å². The first-order valence-corrected chi connectivity index (χ1v) is 12.2. The maximum Gasteiger partial charge on any atom is 0.321 e. The second-order valence-electron chi connectivity index (χ2n) is 7.35. The number of sulfonamides is 1. The lowest BCUT2D eigenvalue weighted by Crippen LogP contribution is -2.56. The highest BCUT2D eigenvalue weighted by Gasteiger charge is 2.33. The van der Waals surface area contributed by atoms with E-state index in [1.165, 1.54) is 22.5 Å². The predicted octanol–water partition coefficient (Wildman–Crippen LogP) is 2.71. The lowest BCUT2D eigenvalue weighted by atomic mass is 10.2. The molecule has 3 rings (SSSR count). The van der Waals surface area contributed by atoms with Crippen LogP contribution in [0.15, 0.2) is 53.4 Å². The van der Waals surface area contributed by atoms with Crippen LogP contribution in [-0.2, 0) is 21.4 Å². The molecule has 0 radical (unpaired) electrons. The number of rotatable bonds is 6. The number of imide groups is 1. The third-order valence-corrected chi connectivity index (χ3v) is 7.86. The van der Waals surface area contributed by atoms with Gasteiger partial charge in [0.1, 0.15) is 4.90 Å². The maximum absolute atomic E-state index is 12.9. The minimum atomic E-state index is -3.81. The quantitative estimate of drug-likeness (QED) is 0.637. The molecule has 1 unspecified atom stereocenters. The van der Waals surface area contributed by atoms with E-state index in [4.69, 9.17) is 23.2 Å². The zero-order valence-corrected chi connectivity index (χ0v) is 19.8. The van der Waals surface area contributed by atoms with Crippen LogP contribution in [0, 0.1) is 0 Å². The van der Waals surface area contributed by atoms with Gasteiger partial charge >= 0.3 is 6.03 Å². The minimum absolute atomic E-state index is 0.0407. The van der Waals surface area contributed by atoms with Crippen LogP contribution in [0.25, 0.3) is 0 Å². The minimum Gasteiger partial charge on any atom is -0.334 e. The van der Waals surface area contributed by atoms with E-state index in [2.05, 4.69) is 10.6 Å². The van der Waals surface area contributed by atoms with E-state index in [1.807, 2.05) is 35.2 Å².